The molecule has 0 aliphatic carbocycles. The highest BCUT2D eigenvalue weighted by Crippen LogP contribution is 2.50. The third kappa shape index (κ3) is 5.10. The van der Waals surface area contributed by atoms with Gasteiger partial charge in [0.15, 0.2) is 5.58 Å². The minimum atomic E-state index is 0.603. The molecule has 52 heavy (non-hydrogen) atoms. The van der Waals surface area contributed by atoms with E-state index in [0.717, 1.165) is 61.6 Å². The van der Waals surface area contributed by atoms with Crippen LogP contribution in [0.1, 0.15) is 0 Å². The maximum atomic E-state index is 6.79. The van der Waals surface area contributed by atoms with Crippen molar-refractivity contribution in [2.75, 3.05) is 9.80 Å². The second kappa shape index (κ2) is 12.6. The number of aromatic nitrogens is 1. The first-order valence-corrected chi connectivity index (χ1v) is 18.2. The molecule has 10 aromatic rings. The van der Waals surface area contributed by atoms with Crippen LogP contribution in [-0.4, -0.2) is 4.98 Å². The Labute approximate surface area is 305 Å². The average molecular weight is 686 g/mol. The molecule has 0 fully saturated rings. The van der Waals surface area contributed by atoms with Gasteiger partial charge in [-0.05, 0) is 84.2 Å². The first-order chi connectivity index (χ1) is 25.8. The molecule has 8 aromatic carbocycles. The van der Waals surface area contributed by atoms with Crippen LogP contribution < -0.4 is 9.80 Å². The highest BCUT2D eigenvalue weighted by Gasteiger charge is 2.25. The van der Waals surface area contributed by atoms with Gasteiger partial charge in [-0.25, -0.2) is 4.98 Å². The zero-order valence-corrected chi connectivity index (χ0v) is 28.9. The van der Waals surface area contributed by atoms with Crippen molar-refractivity contribution < 1.29 is 4.42 Å². The van der Waals surface area contributed by atoms with Gasteiger partial charge >= 0.3 is 0 Å². The predicted molar refractivity (Wildman–Crippen MR) is 219 cm³/mol. The summed E-state index contributed by atoms with van der Waals surface area (Å²) in [5.41, 5.74) is 8.86. The Kier molecular flexibility index (Phi) is 7.29. The molecule has 0 radical (unpaired) electrons. The zero-order chi connectivity index (χ0) is 34.4. The molecule has 0 spiro atoms. The van der Waals surface area contributed by atoms with Crippen LogP contribution in [0.5, 0.6) is 0 Å². The number of benzene rings is 8. The summed E-state index contributed by atoms with van der Waals surface area (Å²) in [4.78, 5) is 9.75. The standard InChI is InChI=1S/C47H31N3OS/c1-5-16-32(17-6-1)47-48-40-29-28-33-30-37(49(34-18-7-2-8-19-34)35-20-9-3-10-21-35)31-42(44(33)45(40)51-47)50(36-22-11-4-12-23-36)41-26-15-25-39-38-24-13-14-27-43(38)52-46(39)41/h1-31H. The van der Waals surface area contributed by atoms with E-state index in [1.54, 1.807) is 0 Å². The highest BCUT2D eigenvalue weighted by molar-refractivity contribution is 7.26. The van der Waals surface area contributed by atoms with Crippen LogP contribution in [0.25, 0.3) is 53.5 Å². The van der Waals surface area contributed by atoms with Crippen molar-refractivity contribution in [1.29, 1.82) is 0 Å². The highest BCUT2D eigenvalue weighted by atomic mass is 32.1. The number of hydrogen-bond donors (Lipinski definition) is 0. The minimum absolute atomic E-state index is 0.603. The summed E-state index contributed by atoms with van der Waals surface area (Å²) < 4.78 is 9.28. The fourth-order valence-electron chi connectivity index (χ4n) is 7.31. The van der Waals surface area contributed by atoms with Gasteiger partial charge in [0.05, 0.1) is 21.5 Å². The Morgan fingerprint density at radius 1 is 0.462 bits per heavy atom. The third-order valence-corrected chi connectivity index (χ3v) is 10.8. The molecule has 0 saturated heterocycles. The molecule has 5 heteroatoms. The largest absolute Gasteiger partial charge is 0.435 e. The molecule has 0 N–H and O–H groups in total. The van der Waals surface area contributed by atoms with E-state index in [1.807, 2.05) is 41.7 Å². The van der Waals surface area contributed by atoms with Crippen molar-refractivity contribution in [3.05, 3.63) is 188 Å². The average Bonchev–Trinajstić information content (AvgIpc) is 3.83. The van der Waals surface area contributed by atoms with Gasteiger partial charge in [-0.3, -0.25) is 0 Å². The molecular weight excluding hydrogens is 655 g/mol. The van der Waals surface area contributed by atoms with E-state index < -0.39 is 0 Å². The lowest BCUT2D eigenvalue weighted by molar-refractivity contribution is 0.623. The first-order valence-electron chi connectivity index (χ1n) is 17.4. The number of hydrogen-bond acceptors (Lipinski definition) is 5. The fraction of sp³-hybridized carbons (Fsp3) is 0. The van der Waals surface area contributed by atoms with E-state index in [9.17, 15) is 0 Å². The topological polar surface area (TPSA) is 32.5 Å². The van der Waals surface area contributed by atoms with E-state index in [2.05, 4.69) is 168 Å². The third-order valence-electron chi connectivity index (χ3n) is 9.62. The van der Waals surface area contributed by atoms with Crippen molar-refractivity contribution in [3.63, 3.8) is 0 Å². The van der Waals surface area contributed by atoms with E-state index in [1.165, 1.54) is 20.2 Å². The summed E-state index contributed by atoms with van der Waals surface area (Å²) in [6, 6.07) is 66.1. The number of fused-ring (bicyclic) bond motifs is 6. The van der Waals surface area contributed by atoms with Crippen molar-refractivity contribution in [2.45, 2.75) is 0 Å². The van der Waals surface area contributed by atoms with Gasteiger partial charge in [0.25, 0.3) is 0 Å². The van der Waals surface area contributed by atoms with Crippen molar-refractivity contribution in [3.8, 4) is 11.5 Å². The first kappa shape index (κ1) is 30.2. The molecule has 10 rings (SSSR count). The van der Waals surface area contributed by atoms with Crippen LogP contribution in [0.15, 0.2) is 192 Å². The monoisotopic (exact) mass is 685 g/mol. The second-order valence-corrected chi connectivity index (χ2v) is 13.8. The zero-order valence-electron chi connectivity index (χ0n) is 28.1. The Morgan fingerprint density at radius 2 is 1.06 bits per heavy atom. The van der Waals surface area contributed by atoms with Gasteiger partial charge in [-0.15, -0.1) is 11.3 Å². The fourth-order valence-corrected chi connectivity index (χ4v) is 8.52. The van der Waals surface area contributed by atoms with Crippen molar-refractivity contribution in [2.24, 2.45) is 0 Å². The van der Waals surface area contributed by atoms with Gasteiger partial charge in [-0.1, -0.05) is 109 Å². The number of oxazole rings is 1. The molecule has 0 bridgehead atoms. The molecule has 2 aromatic heterocycles. The van der Waals surface area contributed by atoms with Crippen LogP contribution in [0.2, 0.25) is 0 Å². The van der Waals surface area contributed by atoms with Crippen LogP contribution in [0.3, 0.4) is 0 Å². The smallest absolute Gasteiger partial charge is 0.227 e. The van der Waals surface area contributed by atoms with Crippen molar-refractivity contribution >= 4 is 87.5 Å². The molecule has 0 atom stereocenters. The summed E-state index contributed by atoms with van der Waals surface area (Å²) in [5, 5.41) is 4.56. The lowest BCUT2D eigenvalue weighted by Gasteiger charge is -2.31. The Balaban J connectivity index is 1.33. The SMILES string of the molecule is c1ccc(-c2nc3ccc4cc(N(c5ccccc5)c5ccccc5)cc(N(c5ccccc5)c5cccc6c5sc5ccccc56)c4c3o2)cc1. The quantitative estimate of drug-likeness (QED) is 0.167. The summed E-state index contributed by atoms with van der Waals surface area (Å²) >= 11 is 1.83. The Hall–Kier alpha value is -6.69. The summed E-state index contributed by atoms with van der Waals surface area (Å²) in [6.07, 6.45) is 0. The summed E-state index contributed by atoms with van der Waals surface area (Å²) in [6.45, 7) is 0. The molecule has 0 aliphatic heterocycles. The van der Waals surface area contributed by atoms with Gasteiger partial charge in [-0.2, -0.15) is 0 Å². The second-order valence-electron chi connectivity index (χ2n) is 12.8. The maximum Gasteiger partial charge on any atom is 0.227 e. The number of para-hydroxylation sites is 3. The van der Waals surface area contributed by atoms with E-state index >= 15 is 0 Å². The van der Waals surface area contributed by atoms with Crippen LogP contribution in [-0.2, 0) is 0 Å². The van der Waals surface area contributed by atoms with Crippen molar-refractivity contribution in [1.82, 2.24) is 4.98 Å². The lowest BCUT2D eigenvalue weighted by atomic mass is 10.0. The van der Waals surface area contributed by atoms with Crippen LogP contribution >= 0.6 is 11.3 Å². The maximum absolute atomic E-state index is 6.79. The lowest BCUT2D eigenvalue weighted by Crippen LogP contribution is -2.14. The number of anilines is 6. The van der Waals surface area contributed by atoms with E-state index in [-0.39, 0.29) is 0 Å². The Morgan fingerprint density at radius 3 is 1.75 bits per heavy atom. The minimum Gasteiger partial charge on any atom is -0.435 e. The number of thiophene rings is 1. The van der Waals surface area contributed by atoms with Gasteiger partial charge in [0, 0.05) is 43.8 Å². The molecule has 4 nitrogen and oxygen atoms in total. The van der Waals surface area contributed by atoms with E-state index in [0.29, 0.717) is 5.89 Å². The predicted octanol–water partition coefficient (Wildman–Crippen LogP) is 14.0. The summed E-state index contributed by atoms with van der Waals surface area (Å²) in [7, 11) is 0. The molecular formula is C47H31N3OS. The number of nitrogens with zero attached hydrogens (tertiary/aromatic N) is 3. The van der Waals surface area contributed by atoms with Crippen LogP contribution in [0.4, 0.5) is 34.1 Å². The van der Waals surface area contributed by atoms with Gasteiger partial charge in [0.1, 0.15) is 5.52 Å². The molecule has 246 valence electrons. The normalized spacial score (nSPS) is 11.5. The van der Waals surface area contributed by atoms with Crippen LogP contribution in [0, 0.1) is 0 Å². The summed E-state index contributed by atoms with van der Waals surface area (Å²) in [5.74, 6) is 0.603. The molecule has 0 aliphatic rings. The van der Waals surface area contributed by atoms with E-state index in [4.69, 9.17) is 9.40 Å². The number of rotatable bonds is 7. The van der Waals surface area contributed by atoms with Gasteiger partial charge in [0.2, 0.25) is 5.89 Å². The molecule has 0 unspecified atom stereocenters. The Bertz CT molecular complexity index is 2810. The molecule has 2 heterocycles. The molecule has 0 amide bonds. The van der Waals surface area contributed by atoms with Gasteiger partial charge < -0.3 is 14.2 Å². The molecule has 0 saturated carbocycles.